The zero-order valence-electron chi connectivity index (χ0n) is 28.9. The molecule has 6 rings (SSSR count). The van der Waals surface area contributed by atoms with Crippen LogP contribution in [0.1, 0.15) is 93.4 Å². The van der Waals surface area contributed by atoms with Crippen molar-refractivity contribution in [3.05, 3.63) is 24.3 Å². The largest absolute Gasteiger partial charge is 0.394 e. The van der Waals surface area contributed by atoms with Crippen LogP contribution in [0.4, 0.5) is 0 Å². The lowest BCUT2D eigenvalue weighted by molar-refractivity contribution is -0.329. The van der Waals surface area contributed by atoms with Crippen LogP contribution in [0.25, 0.3) is 0 Å². The van der Waals surface area contributed by atoms with E-state index in [-0.39, 0.29) is 27.9 Å². The van der Waals surface area contributed by atoms with Crippen LogP contribution < -0.4 is 0 Å². The first kappa shape index (κ1) is 34.0. The van der Waals surface area contributed by atoms with Gasteiger partial charge in [-0.2, -0.15) is 0 Å². The SMILES string of the molecule is COC(C)(C)/C=C/C[C@@H](C)[C@H]1CC[C@@]2(C)[C@@H]3C=C[C@@]45OC[C@]3(CC[C@]12C)[C@H]4CC[C@H](O[C@@H]1O[C@H](CO)[C@@H](O)[C@@H](O)[C@H]1O)C5(C)C. The van der Waals surface area contributed by atoms with Crippen molar-refractivity contribution in [1.82, 2.24) is 0 Å². The van der Waals surface area contributed by atoms with E-state index < -0.39 is 48.3 Å². The van der Waals surface area contributed by atoms with Crippen molar-refractivity contribution in [3.63, 3.8) is 0 Å². The normalized spacial score (nSPS) is 51.2. The highest BCUT2D eigenvalue weighted by Gasteiger charge is 2.75. The maximum Gasteiger partial charge on any atom is 0.186 e. The standard InChI is InChI=1S/C37H60O8/c1-22(10-9-15-32(2,3)42-8)23-13-16-35(7)25-14-17-37-26(36(25,21-43-37)19-18-34(23,35)6)11-12-27(33(37,4)5)45-31-30(41)29(40)28(39)24(20-38)44-31/h9,14-15,17,22-31,38-41H,10-13,16,18-21H2,1-8H3/b15-9+/t22-,23-,24-,25+,26-,27+,28-,29-,30-,31+,34-,35+,36+,37-/m1/s1. The van der Waals surface area contributed by atoms with Gasteiger partial charge in [0.2, 0.25) is 0 Å². The van der Waals surface area contributed by atoms with Gasteiger partial charge in [-0.05, 0) is 87.4 Å². The van der Waals surface area contributed by atoms with E-state index in [2.05, 4.69) is 72.8 Å². The molecule has 0 unspecified atom stereocenters. The second-order valence-electron chi connectivity index (χ2n) is 17.2. The van der Waals surface area contributed by atoms with Gasteiger partial charge in [0.1, 0.15) is 24.4 Å². The highest BCUT2D eigenvalue weighted by molar-refractivity contribution is 5.33. The van der Waals surface area contributed by atoms with Crippen LogP contribution in [-0.2, 0) is 18.9 Å². The van der Waals surface area contributed by atoms with Gasteiger partial charge in [0, 0.05) is 23.9 Å². The molecule has 4 aliphatic carbocycles. The summed E-state index contributed by atoms with van der Waals surface area (Å²) < 4.78 is 24.9. The molecular weight excluding hydrogens is 572 g/mol. The molecule has 14 atom stereocenters. The number of allylic oxidation sites excluding steroid dienone is 2. The van der Waals surface area contributed by atoms with Crippen molar-refractivity contribution in [3.8, 4) is 0 Å². The Bertz CT molecular complexity index is 1170. The third-order valence-corrected chi connectivity index (χ3v) is 14.8. The average molecular weight is 633 g/mol. The Kier molecular flexibility index (Phi) is 8.60. The zero-order valence-corrected chi connectivity index (χ0v) is 28.9. The van der Waals surface area contributed by atoms with Crippen molar-refractivity contribution in [2.45, 2.75) is 141 Å². The van der Waals surface area contributed by atoms with E-state index in [1.807, 2.05) is 0 Å². The van der Waals surface area contributed by atoms with Gasteiger partial charge in [-0.3, -0.25) is 0 Å². The molecule has 5 fully saturated rings. The maximum atomic E-state index is 10.7. The molecule has 4 N–H and O–H groups in total. The number of methoxy groups -OCH3 is 1. The monoisotopic (exact) mass is 632 g/mol. The molecule has 8 heteroatoms. The van der Waals surface area contributed by atoms with Gasteiger partial charge in [0.15, 0.2) is 6.29 Å². The van der Waals surface area contributed by atoms with E-state index in [1.165, 1.54) is 25.7 Å². The van der Waals surface area contributed by atoms with E-state index >= 15 is 0 Å². The number of aliphatic hydroxyl groups excluding tert-OH is 4. The van der Waals surface area contributed by atoms with Crippen LogP contribution in [0, 0.1) is 45.3 Å². The van der Waals surface area contributed by atoms with Gasteiger partial charge >= 0.3 is 0 Å². The predicted molar refractivity (Wildman–Crippen MR) is 171 cm³/mol. The molecule has 0 aromatic heterocycles. The average Bonchev–Trinajstić information content (AvgIpc) is 3.39. The minimum atomic E-state index is -1.46. The first-order chi connectivity index (χ1) is 21.0. The first-order valence-electron chi connectivity index (χ1n) is 17.6. The van der Waals surface area contributed by atoms with Crippen molar-refractivity contribution in [2.24, 2.45) is 45.3 Å². The molecule has 0 aromatic rings. The van der Waals surface area contributed by atoms with Crippen LogP contribution in [0.5, 0.6) is 0 Å². The summed E-state index contributed by atoms with van der Waals surface area (Å²) in [7, 11) is 1.77. The molecule has 6 aliphatic rings. The van der Waals surface area contributed by atoms with E-state index in [1.54, 1.807) is 7.11 Å². The van der Waals surface area contributed by atoms with Gasteiger partial charge in [-0.1, -0.05) is 58.9 Å². The van der Waals surface area contributed by atoms with Crippen LogP contribution >= 0.6 is 0 Å². The fourth-order valence-corrected chi connectivity index (χ4v) is 11.6. The fraction of sp³-hybridized carbons (Fsp3) is 0.892. The van der Waals surface area contributed by atoms with Crippen molar-refractivity contribution in [1.29, 1.82) is 0 Å². The third-order valence-electron chi connectivity index (χ3n) is 14.8. The van der Waals surface area contributed by atoms with Crippen LogP contribution in [0.15, 0.2) is 24.3 Å². The summed E-state index contributed by atoms with van der Waals surface area (Å²) in [5, 5.41) is 41.1. The van der Waals surface area contributed by atoms with E-state index in [0.29, 0.717) is 23.7 Å². The molecule has 45 heavy (non-hydrogen) atoms. The van der Waals surface area contributed by atoms with Crippen LogP contribution in [0.2, 0.25) is 0 Å². The van der Waals surface area contributed by atoms with E-state index in [0.717, 1.165) is 25.9 Å². The Morgan fingerprint density at radius 1 is 0.978 bits per heavy atom. The summed E-state index contributed by atoms with van der Waals surface area (Å²) in [4.78, 5) is 0. The van der Waals surface area contributed by atoms with Gasteiger partial charge in [-0.25, -0.2) is 0 Å². The molecule has 3 saturated carbocycles. The highest BCUT2D eigenvalue weighted by atomic mass is 16.7. The molecule has 2 saturated heterocycles. The lowest BCUT2D eigenvalue weighted by atomic mass is 9.38. The third kappa shape index (κ3) is 4.74. The summed E-state index contributed by atoms with van der Waals surface area (Å²) in [6.07, 6.45) is 10.5. The summed E-state index contributed by atoms with van der Waals surface area (Å²) >= 11 is 0. The molecule has 1 spiro atoms. The molecule has 8 nitrogen and oxygen atoms in total. The Balaban J connectivity index is 1.24. The predicted octanol–water partition coefficient (Wildman–Crippen LogP) is 4.77. The number of fused-ring (bicyclic) bond motifs is 2. The number of hydrogen-bond acceptors (Lipinski definition) is 8. The Morgan fingerprint density at radius 2 is 1.71 bits per heavy atom. The van der Waals surface area contributed by atoms with Gasteiger partial charge in [-0.15, -0.1) is 0 Å². The topological polar surface area (TPSA) is 118 Å². The van der Waals surface area contributed by atoms with E-state index in [4.69, 9.17) is 18.9 Å². The summed E-state index contributed by atoms with van der Waals surface area (Å²) in [5.74, 6) is 2.12. The lowest BCUT2D eigenvalue weighted by Gasteiger charge is -2.65. The van der Waals surface area contributed by atoms with Crippen LogP contribution in [0.3, 0.4) is 0 Å². The van der Waals surface area contributed by atoms with Gasteiger partial charge in [0.25, 0.3) is 0 Å². The first-order valence-corrected chi connectivity index (χ1v) is 17.6. The number of hydrogen-bond donors (Lipinski definition) is 4. The Hall–Kier alpha value is -0.840. The van der Waals surface area contributed by atoms with Gasteiger partial charge in [0.05, 0.1) is 30.5 Å². The van der Waals surface area contributed by atoms with E-state index in [9.17, 15) is 20.4 Å². The van der Waals surface area contributed by atoms with Crippen molar-refractivity contribution >= 4 is 0 Å². The van der Waals surface area contributed by atoms with Crippen LogP contribution in [-0.4, -0.2) is 88.8 Å². The van der Waals surface area contributed by atoms with Gasteiger partial charge < -0.3 is 39.4 Å². The molecule has 2 aliphatic heterocycles. The maximum absolute atomic E-state index is 10.7. The fourth-order valence-electron chi connectivity index (χ4n) is 11.6. The minimum Gasteiger partial charge on any atom is -0.394 e. The molecule has 256 valence electrons. The molecular formula is C37H60O8. The number of aliphatic hydroxyl groups is 4. The number of ether oxygens (including phenoxy) is 4. The second-order valence-corrected chi connectivity index (χ2v) is 17.2. The minimum absolute atomic E-state index is 0.0922. The molecule has 0 radical (unpaired) electrons. The lowest BCUT2D eigenvalue weighted by Crippen LogP contribution is -2.66. The summed E-state index contributed by atoms with van der Waals surface area (Å²) in [5.41, 5.74) is -0.609. The summed E-state index contributed by atoms with van der Waals surface area (Å²) in [6.45, 7) is 16.6. The smallest absolute Gasteiger partial charge is 0.186 e. The molecule has 2 heterocycles. The Labute approximate surface area is 270 Å². The second kappa shape index (κ2) is 11.4. The van der Waals surface area contributed by atoms with Crippen molar-refractivity contribution in [2.75, 3.05) is 20.3 Å². The highest BCUT2D eigenvalue weighted by Crippen LogP contribution is 2.77. The summed E-state index contributed by atoms with van der Waals surface area (Å²) in [6, 6.07) is 0. The molecule has 0 amide bonds. The van der Waals surface area contributed by atoms with Crippen molar-refractivity contribution < 1.29 is 39.4 Å². The Morgan fingerprint density at radius 3 is 2.40 bits per heavy atom. The zero-order chi connectivity index (χ0) is 32.8. The quantitative estimate of drug-likeness (QED) is 0.283. The number of rotatable bonds is 8. The molecule has 2 bridgehead atoms. The molecule has 0 aromatic carbocycles.